The second-order valence-corrected chi connectivity index (χ2v) is 6.31. The quantitative estimate of drug-likeness (QED) is 0.712. The van der Waals surface area contributed by atoms with Gasteiger partial charge in [-0.1, -0.05) is 12.8 Å². The average molecular weight is 240 g/mol. The first kappa shape index (κ1) is 13.3. The predicted molar refractivity (Wildman–Crippen MR) is 71.2 cm³/mol. The number of aliphatic hydroxyl groups is 1. The van der Waals surface area contributed by atoms with E-state index in [0.29, 0.717) is 6.04 Å². The lowest BCUT2D eigenvalue weighted by Crippen LogP contribution is -2.49. The van der Waals surface area contributed by atoms with E-state index in [2.05, 4.69) is 24.2 Å². The molecule has 0 saturated heterocycles. The van der Waals surface area contributed by atoms with Gasteiger partial charge in [0.05, 0.1) is 6.61 Å². The maximum absolute atomic E-state index is 9.56. The van der Waals surface area contributed by atoms with E-state index in [1.165, 1.54) is 38.5 Å². The summed E-state index contributed by atoms with van der Waals surface area (Å²) in [7, 11) is 2.24. The third-order valence-corrected chi connectivity index (χ3v) is 4.44. The molecule has 1 atom stereocenters. The molecule has 0 heterocycles. The molecule has 2 aliphatic rings. The topological polar surface area (TPSA) is 35.5 Å². The van der Waals surface area contributed by atoms with Crippen LogP contribution in [-0.4, -0.2) is 47.8 Å². The minimum absolute atomic E-state index is 0.0754. The van der Waals surface area contributed by atoms with Crippen LogP contribution in [0.15, 0.2) is 0 Å². The van der Waals surface area contributed by atoms with Crippen LogP contribution in [0.1, 0.15) is 51.9 Å². The Kier molecular flexibility index (Phi) is 4.45. The van der Waals surface area contributed by atoms with Crippen LogP contribution in [-0.2, 0) is 0 Å². The summed E-state index contributed by atoms with van der Waals surface area (Å²) >= 11 is 0. The molecule has 2 N–H and O–H groups in total. The Labute approximate surface area is 106 Å². The lowest BCUT2D eigenvalue weighted by atomic mass is 9.98. The van der Waals surface area contributed by atoms with Gasteiger partial charge in [-0.15, -0.1) is 0 Å². The molecule has 2 aliphatic carbocycles. The Morgan fingerprint density at radius 3 is 2.41 bits per heavy atom. The van der Waals surface area contributed by atoms with Gasteiger partial charge in [-0.3, -0.25) is 0 Å². The molecule has 0 radical (unpaired) electrons. The van der Waals surface area contributed by atoms with Crippen LogP contribution in [0, 0.1) is 0 Å². The molecule has 0 bridgehead atoms. The Morgan fingerprint density at radius 2 is 1.88 bits per heavy atom. The average Bonchev–Trinajstić information content (AvgIpc) is 2.97. The van der Waals surface area contributed by atoms with E-state index in [9.17, 15) is 5.11 Å². The molecule has 2 fully saturated rings. The van der Waals surface area contributed by atoms with E-state index in [-0.39, 0.29) is 12.1 Å². The van der Waals surface area contributed by atoms with Crippen molar-refractivity contribution in [1.82, 2.24) is 10.2 Å². The van der Waals surface area contributed by atoms with Crippen LogP contribution in [0.3, 0.4) is 0 Å². The number of aliphatic hydroxyl groups excluding tert-OH is 1. The van der Waals surface area contributed by atoms with Gasteiger partial charge in [-0.25, -0.2) is 0 Å². The number of nitrogens with zero attached hydrogens (tertiary/aromatic N) is 1. The van der Waals surface area contributed by atoms with Gasteiger partial charge < -0.3 is 15.3 Å². The van der Waals surface area contributed by atoms with Gasteiger partial charge in [0.2, 0.25) is 0 Å². The van der Waals surface area contributed by atoms with Gasteiger partial charge >= 0.3 is 0 Å². The first-order valence-electron chi connectivity index (χ1n) is 7.22. The molecule has 17 heavy (non-hydrogen) atoms. The van der Waals surface area contributed by atoms with E-state index in [4.69, 9.17) is 0 Å². The first-order valence-corrected chi connectivity index (χ1v) is 7.22. The van der Waals surface area contributed by atoms with Gasteiger partial charge in [0.15, 0.2) is 0 Å². The molecular formula is C14H28N2O. The van der Waals surface area contributed by atoms with Crippen molar-refractivity contribution in [3.05, 3.63) is 0 Å². The van der Waals surface area contributed by atoms with Crippen LogP contribution in [0.5, 0.6) is 0 Å². The van der Waals surface area contributed by atoms with Gasteiger partial charge in [0, 0.05) is 17.6 Å². The Hall–Kier alpha value is -0.120. The molecule has 0 aromatic rings. The number of nitrogens with one attached hydrogen (secondary N) is 1. The number of hydrogen-bond acceptors (Lipinski definition) is 3. The summed E-state index contributed by atoms with van der Waals surface area (Å²) in [4.78, 5) is 2.50. The van der Waals surface area contributed by atoms with Crippen LogP contribution in [0.2, 0.25) is 0 Å². The summed E-state index contributed by atoms with van der Waals surface area (Å²) in [5.41, 5.74) is -0.0754. The summed E-state index contributed by atoms with van der Waals surface area (Å²) in [6.45, 7) is 3.51. The van der Waals surface area contributed by atoms with Crippen molar-refractivity contribution in [2.75, 3.05) is 20.2 Å². The largest absolute Gasteiger partial charge is 0.394 e. The van der Waals surface area contributed by atoms with Crippen molar-refractivity contribution in [2.45, 2.75) is 69.5 Å². The van der Waals surface area contributed by atoms with Gasteiger partial charge in [0.25, 0.3) is 0 Å². The molecule has 100 valence electrons. The number of rotatable bonds is 7. The standard InChI is InChI=1S/C14H28N2O/c1-14(11-17,15-12-7-8-12)9-10-16(2)13-5-3-4-6-13/h12-13,15,17H,3-11H2,1-2H3. The SMILES string of the molecule is CN(CCC(C)(CO)NC1CC1)C1CCCC1. The normalized spacial score (nSPS) is 25.4. The summed E-state index contributed by atoms with van der Waals surface area (Å²) in [5.74, 6) is 0. The molecule has 0 amide bonds. The second-order valence-electron chi connectivity index (χ2n) is 6.31. The fourth-order valence-corrected chi connectivity index (χ4v) is 2.87. The van der Waals surface area contributed by atoms with Crippen molar-refractivity contribution in [1.29, 1.82) is 0 Å². The van der Waals surface area contributed by atoms with Crippen molar-refractivity contribution >= 4 is 0 Å². The second kappa shape index (κ2) is 5.68. The zero-order valence-electron chi connectivity index (χ0n) is 11.4. The highest BCUT2D eigenvalue weighted by Crippen LogP contribution is 2.26. The van der Waals surface area contributed by atoms with Crippen molar-refractivity contribution in [3.63, 3.8) is 0 Å². The van der Waals surface area contributed by atoms with Crippen molar-refractivity contribution < 1.29 is 5.11 Å². The fraction of sp³-hybridized carbons (Fsp3) is 1.00. The molecule has 0 spiro atoms. The molecule has 2 saturated carbocycles. The smallest absolute Gasteiger partial charge is 0.0611 e. The van der Waals surface area contributed by atoms with E-state index in [1.807, 2.05) is 0 Å². The van der Waals surface area contributed by atoms with Crippen LogP contribution in [0.25, 0.3) is 0 Å². The Bertz CT molecular complexity index is 236. The number of hydrogen-bond donors (Lipinski definition) is 2. The lowest BCUT2D eigenvalue weighted by Gasteiger charge is -2.33. The molecule has 1 unspecified atom stereocenters. The van der Waals surface area contributed by atoms with E-state index in [0.717, 1.165) is 19.0 Å². The zero-order chi connectivity index (χ0) is 12.3. The molecule has 3 nitrogen and oxygen atoms in total. The third kappa shape index (κ3) is 3.94. The van der Waals surface area contributed by atoms with Crippen LogP contribution in [0.4, 0.5) is 0 Å². The first-order chi connectivity index (χ1) is 8.13. The highest BCUT2D eigenvalue weighted by molar-refractivity contribution is 4.93. The van der Waals surface area contributed by atoms with Gasteiger partial charge in [-0.05, 0) is 52.6 Å². The monoisotopic (exact) mass is 240 g/mol. The van der Waals surface area contributed by atoms with Gasteiger partial charge in [0.1, 0.15) is 0 Å². The summed E-state index contributed by atoms with van der Waals surface area (Å²) < 4.78 is 0. The lowest BCUT2D eigenvalue weighted by molar-refractivity contribution is 0.139. The highest BCUT2D eigenvalue weighted by Gasteiger charge is 2.32. The summed E-state index contributed by atoms with van der Waals surface area (Å²) in [6, 6.07) is 1.46. The molecule has 3 heteroatoms. The summed E-state index contributed by atoms with van der Waals surface area (Å²) in [5, 5.41) is 13.1. The van der Waals surface area contributed by atoms with Gasteiger partial charge in [-0.2, -0.15) is 0 Å². The predicted octanol–water partition coefficient (Wildman–Crippen LogP) is 1.75. The fourth-order valence-electron chi connectivity index (χ4n) is 2.87. The Balaban J connectivity index is 1.73. The van der Waals surface area contributed by atoms with Crippen molar-refractivity contribution in [3.8, 4) is 0 Å². The highest BCUT2D eigenvalue weighted by atomic mass is 16.3. The molecule has 0 aromatic carbocycles. The maximum Gasteiger partial charge on any atom is 0.0611 e. The van der Waals surface area contributed by atoms with Crippen molar-refractivity contribution in [2.24, 2.45) is 0 Å². The van der Waals surface area contributed by atoms with Crippen LogP contribution >= 0.6 is 0 Å². The summed E-state index contributed by atoms with van der Waals surface area (Å²) in [6.07, 6.45) is 9.14. The third-order valence-electron chi connectivity index (χ3n) is 4.44. The Morgan fingerprint density at radius 1 is 1.24 bits per heavy atom. The molecule has 0 aliphatic heterocycles. The zero-order valence-corrected chi connectivity index (χ0v) is 11.4. The molecular weight excluding hydrogens is 212 g/mol. The minimum Gasteiger partial charge on any atom is -0.394 e. The minimum atomic E-state index is -0.0754. The molecule has 0 aromatic heterocycles. The van der Waals surface area contributed by atoms with E-state index >= 15 is 0 Å². The van der Waals surface area contributed by atoms with Crippen LogP contribution < -0.4 is 5.32 Å². The van der Waals surface area contributed by atoms with E-state index in [1.54, 1.807) is 0 Å². The van der Waals surface area contributed by atoms with E-state index < -0.39 is 0 Å². The molecule has 2 rings (SSSR count). The maximum atomic E-state index is 9.56.